The minimum absolute atomic E-state index is 0.273. The first-order valence-electron chi connectivity index (χ1n) is 7.89. The van der Waals surface area contributed by atoms with E-state index >= 15 is 0 Å². The third kappa shape index (κ3) is 7.17. The minimum atomic E-state index is -0.727. The molecule has 1 aromatic carbocycles. The van der Waals surface area contributed by atoms with Crippen molar-refractivity contribution in [2.24, 2.45) is 0 Å². The van der Waals surface area contributed by atoms with Crippen molar-refractivity contribution >= 4 is 29.6 Å². The highest BCUT2D eigenvalue weighted by Gasteiger charge is 2.25. The lowest BCUT2D eigenvalue weighted by Gasteiger charge is -2.23. The van der Waals surface area contributed by atoms with Gasteiger partial charge in [-0.2, -0.15) is 11.8 Å². The zero-order chi connectivity index (χ0) is 19.0. The van der Waals surface area contributed by atoms with E-state index in [1.807, 2.05) is 6.26 Å². The van der Waals surface area contributed by atoms with Crippen molar-refractivity contribution < 1.29 is 23.9 Å². The maximum absolute atomic E-state index is 12.8. The summed E-state index contributed by atoms with van der Waals surface area (Å²) in [7, 11) is 1.28. The summed E-state index contributed by atoms with van der Waals surface area (Å²) in [4.78, 5) is 36.4. The number of carbonyl (C=O) groups is 3. The third-order valence-corrected chi connectivity index (χ3v) is 3.83. The Morgan fingerprint density at radius 2 is 1.84 bits per heavy atom. The molecule has 1 rings (SSSR count). The highest BCUT2D eigenvalue weighted by Crippen LogP contribution is 2.14. The zero-order valence-corrected chi connectivity index (χ0v) is 16.1. The summed E-state index contributed by atoms with van der Waals surface area (Å²) >= 11 is 1.58. The first-order valence-corrected chi connectivity index (χ1v) is 9.28. The van der Waals surface area contributed by atoms with Gasteiger partial charge in [-0.3, -0.25) is 4.79 Å². The third-order valence-electron chi connectivity index (χ3n) is 3.19. The summed E-state index contributed by atoms with van der Waals surface area (Å²) in [6.45, 7) is 5.27. The molecule has 0 fully saturated rings. The van der Waals surface area contributed by atoms with Crippen LogP contribution in [-0.2, 0) is 9.47 Å². The smallest absolute Gasteiger partial charge is 0.408 e. The number of carbonyl (C=O) groups excluding carboxylic acids is 3. The Kier molecular flexibility index (Phi) is 7.96. The van der Waals surface area contributed by atoms with Crippen molar-refractivity contribution in [1.29, 1.82) is 0 Å². The van der Waals surface area contributed by atoms with E-state index in [4.69, 9.17) is 4.74 Å². The van der Waals surface area contributed by atoms with Crippen LogP contribution in [0.2, 0.25) is 0 Å². The number of ether oxygens (including phenoxy) is 2. The molecule has 138 valence electrons. The topological polar surface area (TPSA) is 81.7 Å². The molecule has 1 amide bonds. The van der Waals surface area contributed by atoms with Crippen molar-refractivity contribution in [3.8, 4) is 0 Å². The predicted octanol–water partition coefficient (Wildman–Crippen LogP) is 3.30. The summed E-state index contributed by atoms with van der Waals surface area (Å²) in [6, 6.07) is 5.53. The number of alkyl carbamates (subject to hydrolysis) is 1. The van der Waals surface area contributed by atoms with Gasteiger partial charge >= 0.3 is 12.1 Å². The second-order valence-corrected chi connectivity index (χ2v) is 7.40. The fraction of sp³-hybridized carbons (Fsp3) is 0.500. The summed E-state index contributed by atoms with van der Waals surface area (Å²) < 4.78 is 9.90. The maximum Gasteiger partial charge on any atom is 0.408 e. The maximum atomic E-state index is 12.8. The van der Waals surface area contributed by atoms with Gasteiger partial charge in [0.15, 0.2) is 5.78 Å². The van der Waals surface area contributed by atoms with Gasteiger partial charge in [0.25, 0.3) is 0 Å². The lowest BCUT2D eigenvalue weighted by Crippen LogP contribution is -2.43. The first kappa shape index (κ1) is 21.0. The Labute approximate surface area is 152 Å². The molecule has 0 bridgehead atoms. The number of hydrogen-bond donors (Lipinski definition) is 1. The number of ketones is 1. The number of nitrogens with one attached hydrogen (secondary N) is 1. The van der Waals surface area contributed by atoms with Crippen LogP contribution in [0.4, 0.5) is 4.79 Å². The second-order valence-electron chi connectivity index (χ2n) is 6.42. The average Bonchev–Trinajstić information content (AvgIpc) is 2.55. The molecule has 7 heteroatoms. The van der Waals surface area contributed by atoms with Gasteiger partial charge in [-0.25, -0.2) is 9.59 Å². The van der Waals surface area contributed by atoms with E-state index in [2.05, 4.69) is 10.1 Å². The Balaban J connectivity index is 2.96. The van der Waals surface area contributed by atoms with Gasteiger partial charge in [0.1, 0.15) is 5.60 Å². The van der Waals surface area contributed by atoms with Crippen LogP contribution in [-0.4, -0.2) is 48.6 Å². The fourth-order valence-corrected chi connectivity index (χ4v) is 2.54. The van der Waals surface area contributed by atoms with Crippen LogP contribution in [0.5, 0.6) is 0 Å². The molecular formula is C18H25NO5S. The summed E-state index contributed by atoms with van der Waals surface area (Å²) in [6.07, 6.45) is 1.74. The number of hydrogen-bond acceptors (Lipinski definition) is 6. The Bertz CT molecular complexity index is 624. The molecule has 0 aliphatic heterocycles. The number of amides is 1. The largest absolute Gasteiger partial charge is 0.465 e. The van der Waals surface area contributed by atoms with Crippen LogP contribution in [0.3, 0.4) is 0 Å². The van der Waals surface area contributed by atoms with Crippen LogP contribution in [0.15, 0.2) is 24.3 Å². The monoisotopic (exact) mass is 367 g/mol. The van der Waals surface area contributed by atoms with Crippen LogP contribution >= 0.6 is 11.8 Å². The number of benzene rings is 1. The Hall–Kier alpha value is -2.02. The van der Waals surface area contributed by atoms with Crippen molar-refractivity contribution in [3.05, 3.63) is 35.4 Å². The highest BCUT2D eigenvalue weighted by atomic mass is 32.2. The highest BCUT2D eigenvalue weighted by molar-refractivity contribution is 7.98. The van der Waals surface area contributed by atoms with E-state index < -0.39 is 23.7 Å². The Morgan fingerprint density at radius 1 is 1.20 bits per heavy atom. The molecule has 0 radical (unpaired) electrons. The molecular weight excluding hydrogens is 342 g/mol. The van der Waals surface area contributed by atoms with E-state index in [1.165, 1.54) is 13.2 Å². The van der Waals surface area contributed by atoms with Gasteiger partial charge in [-0.15, -0.1) is 0 Å². The van der Waals surface area contributed by atoms with Crippen molar-refractivity contribution in [2.75, 3.05) is 19.1 Å². The molecule has 1 N–H and O–H groups in total. The van der Waals surface area contributed by atoms with Crippen molar-refractivity contribution in [1.82, 2.24) is 5.32 Å². The molecule has 0 aromatic heterocycles. The molecule has 0 saturated heterocycles. The quantitative estimate of drug-likeness (QED) is 0.588. The number of rotatable bonds is 7. The normalized spacial score (nSPS) is 12.2. The van der Waals surface area contributed by atoms with E-state index in [9.17, 15) is 14.4 Å². The molecule has 0 heterocycles. The first-order chi connectivity index (χ1) is 11.7. The van der Waals surface area contributed by atoms with Crippen LogP contribution in [0.1, 0.15) is 47.9 Å². The van der Waals surface area contributed by atoms with E-state index in [-0.39, 0.29) is 11.3 Å². The molecule has 1 aromatic rings. The van der Waals surface area contributed by atoms with Crippen LogP contribution in [0.25, 0.3) is 0 Å². The molecule has 25 heavy (non-hydrogen) atoms. The molecule has 6 nitrogen and oxygen atoms in total. The number of thioether (sulfide) groups is 1. The molecule has 0 aliphatic rings. The summed E-state index contributed by atoms with van der Waals surface area (Å²) in [5.41, 5.74) is -0.0265. The molecule has 0 spiro atoms. The SMILES string of the molecule is COC(=O)c1cccc(C(=O)C(CCSC)NC(=O)OC(C)(C)C)c1. The molecule has 1 unspecified atom stereocenters. The fourth-order valence-electron chi connectivity index (χ4n) is 2.07. The van der Waals surface area contributed by atoms with Gasteiger partial charge in [-0.1, -0.05) is 12.1 Å². The lowest BCUT2D eigenvalue weighted by molar-refractivity contribution is 0.0489. The van der Waals surface area contributed by atoms with Crippen LogP contribution < -0.4 is 5.32 Å². The van der Waals surface area contributed by atoms with Crippen LogP contribution in [0, 0.1) is 0 Å². The van der Waals surface area contributed by atoms with Gasteiger partial charge in [-0.05, 0) is 51.3 Å². The zero-order valence-electron chi connectivity index (χ0n) is 15.3. The number of esters is 1. The minimum Gasteiger partial charge on any atom is -0.465 e. The van der Waals surface area contributed by atoms with Gasteiger partial charge in [0.05, 0.1) is 18.7 Å². The molecule has 1 atom stereocenters. The van der Waals surface area contributed by atoms with Gasteiger partial charge in [0.2, 0.25) is 0 Å². The number of Topliss-reactive ketones (excluding diaryl/α,β-unsaturated/α-hetero) is 1. The summed E-state index contributed by atoms with van der Waals surface area (Å²) in [5, 5.41) is 2.63. The molecule has 0 saturated carbocycles. The average molecular weight is 367 g/mol. The van der Waals surface area contributed by atoms with E-state index in [0.717, 1.165) is 0 Å². The van der Waals surface area contributed by atoms with Crippen molar-refractivity contribution in [2.45, 2.75) is 38.8 Å². The summed E-state index contributed by atoms with van der Waals surface area (Å²) in [5.74, 6) is -0.0934. The molecule has 0 aliphatic carbocycles. The van der Waals surface area contributed by atoms with Gasteiger partial charge < -0.3 is 14.8 Å². The van der Waals surface area contributed by atoms with Crippen molar-refractivity contribution in [3.63, 3.8) is 0 Å². The van der Waals surface area contributed by atoms with E-state index in [0.29, 0.717) is 17.7 Å². The number of methoxy groups -OCH3 is 1. The second kappa shape index (κ2) is 9.46. The standard InChI is InChI=1S/C18H25NO5S/c1-18(2,3)24-17(22)19-14(9-10-25-5)15(20)12-7-6-8-13(11-12)16(21)23-4/h6-8,11,14H,9-10H2,1-5H3,(H,19,22). The lowest BCUT2D eigenvalue weighted by atomic mass is 10.0. The Morgan fingerprint density at radius 3 is 2.40 bits per heavy atom. The van der Waals surface area contributed by atoms with Gasteiger partial charge in [0, 0.05) is 5.56 Å². The predicted molar refractivity (Wildman–Crippen MR) is 98.3 cm³/mol. The van der Waals surface area contributed by atoms with E-state index in [1.54, 1.807) is 50.7 Å².